The number of hydrogen-bond donors (Lipinski definition) is 2. The first-order valence-electron chi connectivity index (χ1n) is 10.1. The van der Waals surface area contributed by atoms with E-state index in [-0.39, 0.29) is 17.6 Å². The standard InChI is InChI=1S/C23H22F3N3O2/c24-23(25,26)31-19-6-3-5-16(14-19)22(30)28-18-11-9-17(10-12-18)27-21-13-8-15-4-1-2-7-20(15)29-21/h1-8,13-14,17-18H,9-12H2,(H,27,29)(H,28,30). The van der Waals surface area contributed by atoms with E-state index < -0.39 is 18.0 Å². The third kappa shape index (κ3) is 5.65. The molecule has 0 atom stereocenters. The zero-order valence-corrected chi connectivity index (χ0v) is 16.7. The highest BCUT2D eigenvalue weighted by Crippen LogP contribution is 2.25. The van der Waals surface area contributed by atoms with Crippen molar-refractivity contribution in [2.24, 2.45) is 0 Å². The van der Waals surface area contributed by atoms with Gasteiger partial charge in [0.25, 0.3) is 5.91 Å². The topological polar surface area (TPSA) is 63.2 Å². The number of carbonyl (C=O) groups excluding carboxylic acids is 1. The molecule has 3 aromatic rings. The zero-order chi connectivity index (χ0) is 21.8. The molecule has 0 spiro atoms. The number of nitrogens with zero attached hydrogens (tertiary/aromatic N) is 1. The summed E-state index contributed by atoms with van der Waals surface area (Å²) >= 11 is 0. The number of aromatic nitrogens is 1. The maximum absolute atomic E-state index is 12.5. The van der Waals surface area contributed by atoms with E-state index in [4.69, 9.17) is 0 Å². The molecule has 0 aliphatic heterocycles. The van der Waals surface area contributed by atoms with Gasteiger partial charge in [-0.25, -0.2) is 4.98 Å². The van der Waals surface area contributed by atoms with E-state index in [1.807, 2.05) is 36.4 Å². The van der Waals surface area contributed by atoms with E-state index in [1.165, 1.54) is 18.2 Å². The van der Waals surface area contributed by atoms with Crippen LogP contribution < -0.4 is 15.4 Å². The normalized spacial score (nSPS) is 19.1. The lowest BCUT2D eigenvalue weighted by atomic mass is 9.91. The van der Waals surface area contributed by atoms with Crippen LogP contribution in [-0.4, -0.2) is 29.3 Å². The smallest absolute Gasteiger partial charge is 0.406 e. The van der Waals surface area contributed by atoms with Crippen LogP contribution in [0.3, 0.4) is 0 Å². The quantitative estimate of drug-likeness (QED) is 0.579. The van der Waals surface area contributed by atoms with Crippen molar-refractivity contribution < 1.29 is 22.7 Å². The number of alkyl halides is 3. The molecule has 1 fully saturated rings. The molecule has 2 N–H and O–H groups in total. The third-order valence-electron chi connectivity index (χ3n) is 5.34. The minimum atomic E-state index is -4.79. The molecule has 1 aliphatic rings. The maximum Gasteiger partial charge on any atom is 0.573 e. The molecular weight excluding hydrogens is 407 g/mol. The SMILES string of the molecule is O=C(NC1CCC(Nc2ccc3ccccc3n2)CC1)c1cccc(OC(F)(F)F)c1. The van der Waals surface area contributed by atoms with Crippen LogP contribution in [0, 0.1) is 0 Å². The van der Waals surface area contributed by atoms with Gasteiger partial charge < -0.3 is 15.4 Å². The van der Waals surface area contributed by atoms with E-state index >= 15 is 0 Å². The second-order valence-corrected chi connectivity index (χ2v) is 7.63. The predicted octanol–water partition coefficient (Wildman–Crippen LogP) is 5.29. The van der Waals surface area contributed by atoms with Crippen LogP contribution in [0.5, 0.6) is 5.75 Å². The number of fused-ring (bicyclic) bond motifs is 1. The molecule has 1 amide bonds. The van der Waals surface area contributed by atoms with Crippen molar-refractivity contribution in [2.45, 2.75) is 44.1 Å². The number of benzene rings is 2. The molecular formula is C23H22F3N3O2. The first-order chi connectivity index (χ1) is 14.9. The first-order valence-corrected chi connectivity index (χ1v) is 10.1. The Hall–Kier alpha value is -3.29. The number of amides is 1. The van der Waals surface area contributed by atoms with E-state index in [2.05, 4.69) is 20.4 Å². The van der Waals surface area contributed by atoms with Crippen molar-refractivity contribution in [3.63, 3.8) is 0 Å². The van der Waals surface area contributed by atoms with Crippen molar-refractivity contribution in [3.8, 4) is 5.75 Å². The number of halogens is 3. The van der Waals surface area contributed by atoms with Gasteiger partial charge in [-0.3, -0.25) is 4.79 Å². The fraction of sp³-hybridized carbons (Fsp3) is 0.304. The largest absolute Gasteiger partial charge is 0.573 e. The van der Waals surface area contributed by atoms with Crippen LogP contribution in [0.4, 0.5) is 19.0 Å². The Morgan fingerprint density at radius 2 is 1.68 bits per heavy atom. The molecule has 162 valence electrons. The summed E-state index contributed by atoms with van der Waals surface area (Å²) in [5.41, 5.74) is 1.08. The number of para-hydroxylation sites is 1. The lowest BCUT2D eigenvalue weighted by Gasteiger charge is -2.30. The molecule has 2 aromatic carbocycles. The Morgan fingerprint density at radius 1 is 0.935 bits per heavy atom. The van der Waals surface area contributed by atoms with Gasteiger partial charge in [0.1, 0.15) is 11.6 Å². The average molecular weight is 429 g/mol. The van der Waals surface area contributed by atoms with Crippen LogP contribution in [0.25, 0.3) is 10.9 Å². The highest BCUT2D eigenvalue weighted by Gasteiger charge is 2.31. The molecule has 1 aliphatic carbocycles. The average Bonchev–Trinajstić information content (AvgIpc) is 2.74. The summed E-state index contributed by atoms with van der Waals surface area (Å²) in [5, 5.41) is 7.46. The van der Waals surface area contributed by atoms with Crippen molar-refractivity contribution in [1.82, 2.24) is 10.3 Å². The molecule has 4 rings (SSSR count). The van der Waals surface area contributed by atoms with Crippen LogP contribution in [0.1, 0.15) is 36.0 Å². The van der Waals surface area contributed by atoms with Gasteiger partial charge in [0.05, 0.1) is 5.52 Å². The lowest BCUT2D eigenvalue weighted by molar-refractivity contribution is -0.274. The monoisotopic (exact) mass is 429 g/mol. The second kappa shape index (κ2) is 8.83. The Balaban J connectivity index is 1.29. The maximum atomic E-state index is 12.5. The van der Waals surface area contributed by atoms with Gasteiger partial charge in [-0.1, -0.05) is 24.3 Å². The van der Waals surface area contributed by atoms with Gasteiger partial charge in [0.15, 0.2) is 0 Å². The number of rotatable bonds is 5. The lowest BCUT2D eigenvalue weighted by Crippen LogP contribution is -2.40. The van der Waals surface area contributed by atoms with Crippen LogP contribution in [0.15, 0.2) is 60.7 Å². The van der Waals surface area contributed by atoms with Crippen LogP contribution in [-0.2, 0) is 0 Å². The fourth-order valence-corrected chi connectivity index (χ4v) is 3.84. The molecule has 0 bridgehead atoms. The second-order valence-electron chi connectivity index (χ2n) is 7.63. The molecule has 0 saturated heterocycles. The van der Waals surface area contributed by atoms with E-state index in [0.717, 1.165) is 48.5 Å². The Bertz CT molecular complexity index is 1060. The molecule has 1 aromatic heterocycles. The van der Waals surface area contributed by atoms with E-state index in [1.54, 1.807) is 0 Å². The summed E-state index contributed by atoms with van der Waals surface area (Å²) < 4.78 is 41.0. The zero-order valence-electron chi connectivity index (χ0n) is 16.7. The van der Waals surface area contributed by atoms with Crippen molar-refractivity contribution in [3.05, 3.63) is 66.2 Å². The van der Waals surface area contributed by atoms with Crippen molar-refractivity contribution >= 4 is 22.6 Å². The van der Waals surface area contributed by atoms with Gasteiger partial charge in [0, 0.05) is 23.0 Å². The summed E-state index contributed by atoms with van der Waals surface area (Å²) in [4.78, 5) is 17.1. The fourth-order valence-electron chi connectivity index (χ4n) is 3.84. The minimum Gasteiger partial charge on any atom is -0.406 e. The molecule has 5 nitrogen and oxygen atoms in total. The van der Waals surface area contributed by atoms with Crippen LogP contribution >= 0.6 is 0 Å². The minimum absolute atomic E-state index is 0.0256. The Labute approximate surface area is 177 Å². The summed E-state index contributed by atoms with van der Waals surface area (Å²) in [6.07, 6.45) is -1.53. The summed E-state index contributed by atoms with van der Waals surface area (Å²) in [6.45, 7) is 0. The highest BCUT2D eigenvalue weighted by molar-refractivity contribution is 5.94. The van der Waals surface area contributed by atoms with Gasteiger partial charge in [-0.05, 0) is 62.1 Å². The van der Waals surface area contributed by atoms with Gasteiger partial charge in [-0.2, -0.15) is 0 Å². The predicted molar refractivity (Wildman–Crippen MR) is 112 cm³/mol. The van der Waals surface area contributed by atoms with Crippen molar-refractivity contribution in [2.75, 3.05) is 5.32 Å². The number of hydrogen-bond acceptors (Lipinski definition) is 4. The summed E-state index contributed by atoms with van der Waals surface area (Å²) in [5.74, 6) is 0.0174. The molecule has 31 heavy (non-hydrogen) atoms. The Kier molecular flexibility index (Phi) is 5.97. The summed E-state index contributed by atoms with van der Waals surface area (Å²) in [6, 6.07) is 17.3. The number of anilines is 1. The third-order valence-corrected chi connectivity index (χ3v) is 5.34. The molecule has 1 heterocycles. The van der Waals surface area contributed by atoms with Crippen LogP contribution in [0.2, 0.25) is 0 Å². The molecule has 0 radical (unpaired) electrons. The molecule has 0 unspecified atom stereocenters. The molecule has 8 heteroatoms. The number of pyridine rings is 1. The van der Waals surface area contributed by atoms with Gasteiger partial charge >= 0.3 is 6.36 Å². The number of nitrogens with one attached hydrogen (secondary N) is 2. The number of ether oxygens (including phenoxy) is 1. The first kappa shape index (κ1) is 21.0. The van der Waals surface area contributed by atoms with Crippen molar-refractivity contribution in [1.29, 1.82) is 0 Å². The number of carbonyl (C=O) groups is 1. The molecule has 1 saturated carbocycles. The van der Waals surface area contributed by atoms with E-state index in [0.29, 0.717) is 0 Å². The van der Waals surface area contributed by atoms with Gasteiger partial charge in [0.2, 0.25) is 0 Å². The van der Waals surface area contributed by atoms with Gasteiger partial charge in [-0.15, -0.1) is 13.2 Å². The highest BCUT2D eigenvalue weighted by atomic mass is 19.4. The summed E-state index contributed by atoms with van der Waals surface area (Å²) in [7, 11) is 0. The van der Waals surface area contributed by atoms with E-state index in [9.17, 15) is 18.0 Å². The Morgan fingerprint density at radius 3 is 2.45 bits per heavy atom.